The van der Waals surface area contributed by atoms with Crippen molar-refractivity contribution in [2.24, 2.45) is 0 Å². The summed E-state index contributed by atoms with van der Waals surface area (Å²) < 4.78 is 11.1. The third kappa shape index (κ3) is 4.83. The molecule has 122 valence electrons. The quantitative estimate of drug-likeness (QED) is 0.712. The molecular formula is C19H23NO3. The first-order valence-corrected chi connectivity index (χ1v) is 7.90. The van der Waals surface area contributed by atoms with Crippen molar-refractivity contribution in [3.8, 4) is 0 Å². The highest BCUT2D eigenvalue weighted by molar-refractivity contribution is 5.68. The first kappa shape index (κ1) is 17.0. The molecule has 0 radical (unpaired) electrons. The van der Waals surface area contributed by atoms with E-state index in [1.54, 1.807) is 11.8 Å². The smallest absolute Gasteiger partial charge is 0.412 e. The molecule has 0 aliphatic heterocycles. The molecule has 0 fully saturated rings. The largest absolute Gasteiger partial charge is 0.450 e. The van der Waals surface area contributed by atoms with Crippen LogP contribution in [0.4, 0.5) is 4.79 Å². The Hall–Kier alpha value is -2.33. The van der Waals surface area contributed by atoms with Crippen molar-refractivity contribution in [3.05, 3.63) is 71.8 Å². The van der Waals surface area contributed by atoms with E-state index in [1.165, 1.54) is 0 Å². The Morgan fingerprint density at radius 1 is 0.957 bits per heavy atom. The van der Waals surface area contributed by atoms with E-state index >= 15 is 0 Å². The van der Waals surface area contributed by atoms with Crippen molar-refractivity contribution < 1.29 is 14.3 Å². The molecule has 4 heteroatoms. The van der Waals surface area contributed by atoms with Gasteiger partial charge in [-0.25, -0.2) is 4.79 Å². The molecule has 0 spiro atoms. The Kier molecular flexibility index (Phi) is 6.63. The summed E-state index contributed by atoms with van der Waals surface area (Å²) in [6.45, 7) is 4.99. The fraction of sp³-hybridized carbons (Fsp3) is 0.316. The highest BCUT2D eigenvalue weighted by atomic mass is 16.6. The van der Waals surface area contributed by atoms with Gasteiger partial charge in [0, 0.05) is 12.2 Å². The van der Waals surface area contributed by atoms with Gasteiger partial charge < -0.3 is 9.47 Å². The van der Waals surface area contributed by atoms with E-state index in [0.29, 0.717) is 19.8 Å². The molecule has 1 unspecified atom stereocenters. The summed E-state index contributed by atoms with van der Waals surface area (Å²) in [5.74, 6) is 0. The number of hydrogen-bond acceptors (Lipinski definition) is 3. The topological polar surface area (TPSA) is 38.8 Å². The monoisotopic (exact) mass is 313 g/mol. The molecule has 0 saturated heterocycles. The zero-order valence-corrected chi connectivity index (χ0v) is 13.6. The minimum Gasteiger partial charge on any atom is -0.450 e. The van der Waals surface area contributed by atoms with Gasteiger partial charge in [0.05, 0.1) is 13.2 Å². The Morgan fingerprint density at radius 2 is 1.57 bits per heavy atom. The lowest BCUT2D eigenvalue weighted by Gasteiger charge is -2.31. The Balaban J connectivity index is 2.30. The standard InChI is InChI=1S/C19H23NO3/c1-3-22-18(17-13-9-6-10-14-17)20(19(21)23-4-2)15-16-11-7-5-8-12-16/h5-14,18H,3-4,15H2,1-2H3. The number of nitrogens with zero attached hydrogens (tertiary/aromatic N) is 1. The van der Waals surface area contributed by atoms with Gasteiger partial charge in [-0.3, -0.25) is 4.90 Å². The summed E-state index contributed by atoms with van der Waals surface area (Å²) in [5, 5.41) is 0. The summed E-state index contributed by atoms with van der Waals surface area (Å²) in [4.78, 5) is 14.1. The molecule has 0 N–H and O–H groups in total. The third-order valence-electron chi connectivity index (χ3n) is 3.39. The highest BCUT2D eigenvalue weighted by Gasteiger charge is 2.26. The number of carbonyl (C=O) groups excluding carboxylic acids is 1. The van der Waals surface area contributed by atoms with Crippen molar-refractivity contribution in [2.45, 2.75) is 26.6 Å². The maximum absolute atomic E-state index is 12.5. The minimum absolute atomic E-state index is 0.331. The van der Waals surface area contributed by atoms with Gasteiger partial charge in [-0.1, -0.05) is 60.7 Å². The van der Waals surface area contributed by atoms with Crippen LogP contribution in [0.2, 0.25) is 0 Å². The van der Waals surface area contributed by atoms with Crippen molar-refractivity contribution in [2.75, 3.05) is 13.2 Å². The van der Waals surface area contributed by atoms with Crippen LogP contribution in [-0.4, -0.2) is 24.2 Å². The highest BCUT2D eigenvalue weighted by Crippen LogP contribution is 2.25. The fourth-order valence-corrected chi connectivity index (χ4v) is 2.37. The van der Waals surface area contributed by atoms with Crippen molar-refractivity contribution in [1.29, 1.82) is 0 Å². The first-order chi connectivity index (χ1) is 11.3. The van der Waals surface area contributed by atoms with Gasteiger partial charge in [0.15, 0.2) is 6.23 Å². The molecular weight excluding hydrogens is 290 g/mol. The van der Waals surface area contributed by atoms with Crippen molar-refractivity contribution >= 4 is 6.09 Å². The van der Waals surface area contributed by atoms with Gasteiger partial charge in [-0.15, -0.1) is 0 Å². The number of ether oxygens (including phenoxy) is 2. The molecule has 0 bridgehead atoms. The van der Waals surface area contributed by atoms with Crippen LogP contribution in [0.3, 0.4) is 0 Å². The van der Waals surface area contributed by atoms with E-state index in [4.69, 9.17) is 9.47 Å². The van der Waals surface area contributed by atoms with Crippen LogP contribution in [0, 0.1) is 0 Å². The van der Waals surface area contributed by atoms with Gasteiger partial charge in [-0.2, -0.15) is 0 Å². The molecule has 0 aromatic heterocycles. The molecule has 23 heavy (non-hydrogen) atoms. The van der Waals surface area contributed by atoms with E-state index in [9.17, 15) is 4.79 Å². The SMILES string of the molecule is CCOC(=O)N(Cc1ccccc1)C(OCC)c1ccccc1. The predicted molar refractivity (Wildman–Crippen MR) is 89.8 cm³/mol. The van der Waals surface area contributed by atoms with Crippen molar-refractivity contribution in [1.82, 2.24) is 4.90 Å². The van der Waals surface area contributed by atoms with Crippen LogP contribution in [0.15, 0.2) is 60.7 Å². The number of rotatable bonds is 7. The number of benzene rings is 2. The van der Waals surface area contributed by atoms with Gasteiger partial charge >= 0.3 is 6.09 Å². The Bertz CT molecular complexity index is 586. The zero-order valence-electron chi connectivity index (χ0n) is 13.6. The summed E-state index contributed by atoms with van der Waals surface area (Å²) in [6.07, 6.45) is -0.848. The second-order valence-electron chi connectivity index (χ2n) is 5.03. The number of carbonyl (C=O) groups is 1. The zero-order chi connectivity index (χ0) is 16.5. The predicted octanol–water partition coefficient (Wildman–Crippen LogP) is 4.38. The lowest BCUT2D eigenvalue weighted by Crippen LogP contribution is -2.36. The molecule has 2 rings (SSSR count). The van der Waals surface area contributed by atoms with Crippen LogP contribution in [0.1, 0.15) is 31.2 Å². The molecule has 2 aromatic rings. The van der Waals surface area contributed by atoms with Crippen LogP contribution in [0.5, 0.6) is 0 Å². The average Bonchev–Trinajstić information content (AvgIpc) is 2.60. The number of amides is 1. The van der Waals surface area contributed by atoms with Crippen LogP contribution in [0.25, 0.3) is 0 Å². The third-order valence-corrected chi connectivity index (χ3v) is 3.39. The van der Waals surface area contributed by atoms with E-state index < -0.39 is 6.23 Å². The van der Waals surface area contributed by atoms with E-state index in [1.807, 2.05) is 67.6 Å². The lowest BCUT2D eigenvalue weighted by atomic mass is 10.1. The number of hydrogen-bond donors (Lipinski definition) is 0. The second-order valence-corrected chi connectivity index (χ2v) is 5.03. The van der Waals surface area contributed by atoms with E-state index in [-0.39, 0.29) is 6.09 Å². The molecule has 0 aliphatic carbocycles. The maximum atomic E-state index is 12.5. The summed E-state index contributed by atoms with van der Waals surface area (Å²) in [6, 6.07) is 19.6. The summed E-state index contributed by atoms with van der Waals surface area (Å²) in [5.41, 5.74) is 1.96. The normalized spacial score (nSPS) is 11.7. The van der Waals surface area contributed by atoms with E-state index in [2.05, 4.69) is 0 Å². The van der Waals surface area contributed by atoms with Gasteiger partial charge in [0.1, 0.15) is 0 Å². The minimum atomic E-state index is -0.472. The molecule has 1 amide bonds. The van der Waals surface area contributed by atoms with Gasteiger partial charge in [0.25, 0.3) is 0 Å². The van der Waals surface area contributed by atoms with Gasteiger partial charge in [-0.05, 0) is 19.4 Å². The van der Waals surface area contributed by atoms with Crippen LogP contribution < -0.4 is 0 Å². The first-order valence-electron chi connectivity index (χ1n) is 7.90. The molecule has 4 nitrogen and oxygen atoms in total. The average molecular weight is 313 g/mol. The van der Waals surface area contributed by atoms with Crippen molar-refractivity contribution in [3.63, 3.8) is 0 Å². The van der Waals surface area contributed by atoms with Gasteiger partial charge in [0.2, 0.25) is 0 Å². The Morgan fingerprint density at radius 3 is 2.13 bits per heavy atom. The molecule has 0 saturated carbocycles. The molecule has 0 heterocycles. The molecule has 0 aliphatic rings. The summed E-state index contributed by atoms with van der Waals surface area (Å²) in [7, 11) is 0. The second kappa shape index (κ2) is 8.96. The fourth-order valence-electron chi connectivity index (χ4n) is 2.37. The van der Waals surface area contributed by atoms with E-state index in [0.717, 1.165) is 11.1 Å². The molecule has 1 atom stereocenters. The van der Waals surface area contributed by atoms with Crippen LogP contribution >= 0.6 is 0 Å². The Labute approximate surface area is 137 Å². The lowest BCUT2D eigenvalue weighted by molar-refractivity contribution is -0.0550. The maximum Gasteiger partial charge on any atom is 0.412 e. The molecule has 2 aromatic carbocycles. The summed E-state index contributed by atoms with van der Waals surface area (Å²) >= 11 is 0. The van der Waals surface area contributed by atoms with Crippen LogP contribution in [-0.2, 0) is 16.0 Å².